The topological polar surface area (TPSA) is 110 Å². The van der Waals surface area contributed by atoms with Crippen LogP contribution in [0, 0.1) is 0 Å². The lowest BCUT2D eigenvalue weighted by molar-refractivity contribution is 0.636. The van der Waals surface area contributed by atoms with E-state index in [1.807, 2.05) is 24.3 Å². The number of rotatable bonds is 10. The van der Waals surface area contributed by atoms with Gasteiger partial charge in [0.15, 0.2) is 17.5 Å². The third kappa shape index (κ3) is 13.0. The zero-order chi connectivity index (χ0) is 99.6. The average molecular weight is 1910 g/mol. The summed E-state index contributed by atoms with van der Waals surface area (Å²) in [5.74, 6) is 2.25. The first kappa shape index (κ1) is 87.0. The number of furan rings is 1. The second-order valence-corrected chi connectivity index (χ2v) is 42.2. The van der Waals surface area contributed by atoms with E-state index in [1.165, 1.54) is 132 Å². The lowest BCUT2D eigenvalue weighted by Gasteiger charge is -2.21. The summed E-state index contributed by atoms with van der Waals surface area (Å²) in [6, 6.07) is 161. The van der Waals surface area contributed by atoms with E-state index in [4.69, 9.17) is 34.3 Å². The minimum absolute atomic E-state index is 0.0584. The van der Waals surface area contributed by atoms with Gasteiger partial charge in [-0.15, -0.1) is 0 Å². The van der Waals surface area contributed by atoms with Gasteiger partial charge in [-0.2, -0.15) is 0 Å². The Bertz CT molecular complexity index is 10300. The highest BCUT2D eigenvalue weighted by atomic mass is 16.3. The van der Waals surface area contributed by atoms with Gasteiger partial charge in [-0.05, 0) is 159 Å². The minimum Gasteiger partial charge on any atom is -0.456 e. The standard InChI is InChI=1S/C49H34N4.C46H35N3.C43H29N3O/c1-49(2)38-25-12-9-22-35(38)45-46(50-48(51-47(45)49)31-16-5-3-6-17-31)32-18-15-21-34(30-32)53-40-27-14-11-24-37(40)44-42(53)29-28-41-43(44)36-23-10-13-26-39(36)52(41)33-19-7-4-8-20-33;1-45(2)34-22-11-8-19-31(34)39-36(45)25-26-38-40(39)33-21-10-13-24-37(33)49(38)30-18-14-17-29(27-30)42-41-32-20-9-12-23-35(32)46(3,4)43(41)48-44(47-42)28-15-6-5-7-16-28;1-43(2)31-20-10-6-16-27(31)39-40(44-42(45-41(39)43)26-14-4-3-5-15-26)29-18-8-12-22-33(29)46-32-21-11-7-17-28(32)37-34(46)24-25-36-38(37)30-19-9-13-23-35(30)47-36/h3-30H,1-2H3;5-27H,1-4H3;3-25H,1-2H3. The predicted octanol–water partition coefficient (Wildman–Crippen LogP) is 34.9. The van der Waals surface area contributed by atoms with Gasteiger partial charge in [-0.3, -0.25) is 0 Å². The van der Waals surface area contributed by atoms with Crippen LogP contribution in [0.2, 0.25) is 0 Å². The summed E-state index contributed by atoms with van der Waals surface area (Å²) in [7, 11) is 0. The Morgan fingerprint density at radius 2 is 0.497 bits per heavy atom. The van der Waals surface area contributed by atoms with Gasteiger partial charge in [0.25, 0.3) is 0 Å². The van der Waals surface area contributed by atoms with Crippen LogP contribution in [0.3, 0.4) is 0 Å². The van der Waals surface area contributed by atoms with Gasteiger partial charge in [0.2, 0.25) is 0 Å². The Morgan fingerprint density at radius 3 is 0.960 bits per heavy atom. The summed E-state index contributed by atoms with van der Waals surface area (Å²) in [5, 5.41) is 12.3. The van der Waals surface area contributed by atoms with Crippen molar-refractivity contribution in [2.45, 2.75) is 77.0 Å². The van der Waals surface area contributed by atoms with E-state index < -0.39 is 0 Å². The molecule has 0 radical (unpaired) electrons. The third-order valence-corrected chi connectivity index (χ3v) is 32.4. The van der Waals surface area contributed by atoms with Crippen molar-refractivity contribution in [3.05, 3.63) is 494 Å². The summed E-state index contributed by atoms with van der Waals surface area (Å²) < 4.78 is 16.0. The maximum atomic E-state index is 6.35. The van der Waals surface area contributed by atoms with Gasteiger partial charge in [0, 0.05) is 143 Å². The van der Waals surface area contributed by atoms with Crippen LogP contribution in [0.15, 0.2) is 453 Å². The molecule has 8 heterocycles. The summed E-state index contributed by atoms with van der Waals surface area (Å²) in [4.78, 5) is 32.0. The number of hydrogen-bond acceptors (Lipinski definition) is 7. The molecule has 0 amide bonds. The molecule has 0 atom stereocenters. The van der Waals surface area contributed by atoms with Gasteiger partial charge in [-0.25, -0.2) is 29.9 Å². The van der Waals surface area contributed by atoms with E-state index in [9.17, 15) is 0 Å². The van der Waals surface area contributed by atoms with Gasteiger partial charge in [0.05, 0.1) is 84.0 Å². The van der Waals surface area contributed by atoms with Crippen LogP contribution < -0.4 is 0 Å². The Hall–Kier alpha value is -18.6. The molecule has 0 unspecified atom stereocenters. The van der Waals surface area contributed by atoms with E-state index in [0.29, 0.717) is 0 Å². The molecule has 0 spiro atoms. The van der Waals surface area contributed by atoms with Crippen LogP contribution >= 0.6 is 0 Å². The average Bonchev–Trinajstić information content (AvgIpc) is 1.54. The molecule has 4 aliphatic carbocycles. The molecular formula is C138H98N10O. The van der Waals surface area contributed by atoms with Crippen LogP contribution in [-0.2, 0) is 21.7 Å². The highest BCUT2D eigenvalue weighted by Gasteiger charge is 2.45. The normalized spacial score (nSPS) is 13.9. The fourth-order valence-electron chi connectivity index (χ4n) is 25.6. The molecule has 0 bridgehead atoms. The molecule has 0 saturated carbocycles. The first-order valence-electron chi connectivity index (χ1n) is 51.6. The molecule has 706 valence electrons. The first-order valence-corrected chi connectivity index (χ1v) is 51.6. The second kappa shape index (κ2) is 33.0. The van der Waals surface area contributed by atoms with E-state index in [0.717, 1.165) is 157 Å². The molecule has 27 aromatic rings. The van der Waals surface area contributed by atoms with Gasteiger partial charge in [0.1, 0.15) is 11.2 Å². The SMILES string of the molecule is CC1(C)c2ccccc2-c2c(-c3cccc(-n4c5ccccc5c5c6c7ccccc7n(-c7ccccc7)c6ccc54)c3)nc(-c3ccccc3)nc21.CC1(C)c2ccccc2-c2c(-c3ccccc3-n3c4ccccc4c4c5c(ccc43)oc3ccccc35)nc(-c3ccccc3)nc21.CC1(C)c2ccccc2-c2c1ccc1c2c2ccccc2n1-c1cccc(-c2nc(-c3ccccc3)nc3c2-c2ccccc2C3(C)C)c1. The van der Waals surface area contributed by atoms with Crippen molar-refractivity contribution < 1.29 is 4.42 Å². The van der Waals surface area contributed by atoms with E-state index in [1.54, 1.807) is 0 Å². The Labute approximate surface area is 861 Å². The Kier molecular flexibility index (Phi) is 19.3. The van der Waals surface area contributed by atoms with Crippen LogP contribution in [0.1, 0.15) is 100 Å². The number of fused-ring (bicyclic) bond motifs is 30. The molecule has 31 rings (SSSR count). The van der Waals surface area contributed by atoms with Crippen molar-refractivity contribution >= 4 is 109 Å². The molecule has 0 N–H and O–H groups in total. The highest BCUT2D eigenvalue weighted by molar-refractivity contribution is 6.30. The maximum Gasteiger partial charge on any atom is 0.160 e. The Morgan fingerprint density at radius 1 is 0.188 bits per heavy atom. The summed E-state index contributed by atoms with van der Waals surface area (Å²) >= 11 is 0. The lowest BCUT2D eigenvalue weighted by Crippen LogP contribution is -2.17. The van der Waals surface area contributed by atoms with Crippen LogP contribution in [0.25, 0.3) is 244 Å². The smallest absolute Gasteiger partial charge is 0.160 e. The molecule has 4 aliphatic rings. The minimum atomic E-state index is -0.275. The van der Waals surface area contributed by atoms with Gasteiger partial charge < -0.3 is 22.7 Å². The van der Waals surface area contributed by atoms with E-state index in [2.05, 4.69) is 498 Å². The van der Waals surface area contributed by atoms with Crippen molar-refractivity contribution in [2.24, 2.45) is 0 Å². The zero-order valence-electron chi connectivity index (χ0n) is 83.6. The molecule has 11 heteroatoms. The molecule has 8 aromatic heterocycles. The number of para-hydroxylation sites is 7. The summed E-state index contributed by atoms with van der Waals surface area (Å²) in [5.41, 5.74) is 43.6. The van der Waals surface area contributed by atoms with Gasteiger partial charge >= 0.3 is 0 Å². The molecule has 149 heavy (non-hydrogen) atoms. The Balaban J connectivity index is 0.000000105. The number of benzene rings is 19. The van der Waals surface area contributed by atoms with Crippen molar-refractivity contribution in [1.29, 1.82) is 0 Å². The van der Waals surface area contributed by atoms with Crippen molar-refractivity contribution in [2.75, 3.05) is 0 Å². The predicted molar refractivity (Wildman–Crippen MR) is 614 cm³/mol. The van der Waals surface area contributed by atoms with Crippen molar-refractivity contribution in [1.82, 2.24) is 48.2 Å². The largest absolute Gasteiger partial charge is 0.456 e. The summed E-state index contributed by atoms with van der Waals surface area (Å²) in [6.45, 7) is 18.4. The van der Waals surface area contributed by atoms with Crippen molar-refractivity contribution in [3.63, 3.8) is 0 Å². The first-order chi connectivity index (χ1) is 73.0. The van der Waals surface area contributed by atoms with E-state index >= 15 is 0 Å². The fraction of sp³-hybridized carbons (Fsp3) is 0.0870. The number of aromatic nitrogens is 10. The number of nitrogens with zero attached hydrogens (tertiary/aromatic N) is 10. The molecule has 11 nitrogen and oxygen atoms in total. The van der Waals surface area contributed by atoms with Crippen LogP contribution in [0.4, 0.5) is 0 Å². The van der Waals surface area contributed by atoms with Crippen LogP contribution in [0.5, 0.6) is 0 Å². The second-order valence-electron chi connectivity index (χ2n) is 42.2. The highest BCUT2D eigenvalue weighted by Crippen LogP contribution is 2.59. The maximum absolute atomic E-state index is 6.35. The molecular weight excluding hydrogens is 1810 g/mol. The molecule has 0 aliphatic heterocycles. The number of hydrogen-bond donors (Lipinski definition) is 0. The van der Waals surface area contributed by atoms with Gasteiger partial charge in [-0.1, -0.05) is 401 Å². The summed E-state index contributed by atoms with van der Waals surface area (Å²) in [6.07, 6.45) is 0. The van der Waals surface area contributed by atoms with E-state index in [-0.39, 0.29) is 21.7 Å². The molecule has 19 aromatic carbocycles. The van der Waals surface area contributed by atoms with Crippen LogP contribution in [-0.4, -0.2) is 48.2 Å². The monoisotopic (exact) mass is 1910 g/mol. The molecule has 0 saturated heterocycles. The third-order valence-electron chi connectivity index (χ3n) is 32.4. The quantitative estimate of drug-likeness (QED) is 0.134. The zero-order valence-corrected chi connectivity index (χ0v) is 83.6. The lowest BCUT2D eigenvalue weighted by atomic mass is 9.82. The van der Waals surface area contributed by atoms with Crippen molar-refractivity contribution in [3.8, 4) is 135 Å². The molecule has 0 fully saturated rings. The fourth-order valence-corrected chi connectivity index (χ4v) is 25.6.